The van der Waals surface area contributed by atoms with Crippen LogP contribution < -0.4 is 26.5 Å². The van der Waals surface area contributed by atoms with Gasteiger partial charge in [-0.05, 0) is 56.6 Å². The molecule has 1 saturated heterocycles. The maximum absolute atomic E-state index is 15.0. The number of benzene rings is 2. The second kappa shape index (κ2) is 19.8. The highest BCUT2D eigenvalue weighted by Crippen LogP contribution is 2.53. The van der Waals surface area contributed by atoms with E-state index in [1.165, 1.54) is 13.3 Å². The van der Waals surface area contributed by atoms with Gasteiger partial charge < -0.3 is 45.3 Å². The predicted molar refractivity (Wildman–Crippen MR) is 216 cm³/mol. The van der Waals surface area contributed by atoms with E-state index in [9.17, 15) is 19.8 Å². The van der Waals surface area contributed by atoms with E-state index in [2.05, 4.69) is 25.1 Å². The molecule has 0 spiro atoms. The lowest BCUT2D eigenvalue weighted by Crippen LogP contribution is -2.48. The summed E-state index contributed by atoms with van der Waals surface area (Å²) in [5.41, 5.74) is 12.2. The summed E-state index contributed by atoms with van der Waals surface area (Å²) in [5.74, 6) is -1.96. The third kappa shape index (κ3) is 10.9. The Balaban J connectivity index is 1.40. The van der Waals surface area contributed by atoms with Crippen molar-refractivity contribution in [3.63, 3.8) is 0 Å². The lowest BCUT2D eigenvalue weighted by molar-refractivity contribution is -0.145. The fraction of sp³-hybridized carbons (Fsp3) is 0.513. The second-order valence-electron chi connectivity index (χ2n) is 14.1. The van der Waals surface area contributed by atoms with Crippen molar-refractivity contribution in [2.45, 2.75) is 76.3 Å². The first-order valence-corrected chi connectivity index (χ1v) is 20.8. The van der Waals surface area contributed by atoms with Crippen molar-refractivity contribution in [1.82, 2.24) is 20.1 Å². The van der Waals surface area contributed by atoms with Crippen molar-refractivity contribution in [3.8, 4) is 0 Å². The normalized spacial score (nSPS) is 21.5. The molecule has 0 amide bonds. The maximum atomic E-state index is 15.0. The molecule has 8 N–H and O–H groups in total. The summed E-state index contributed by atoms with van der Waals surface area (Å²) in [6.45, 7) is 6.12. The molecule has 57 heavy (non-hydrogen) atoms. The summed E-state index contributed by atoms with van der Waals surface area (Å²) in [4.78, 5) is 41.7. The number of aliphatic hydroxyl groups is 2. The molecule has 2 aromatic carbocycles. The van der Waals surface area contributed by atoms with E-state index in [0.717, 1.165) is 37.1 Å². The molecule has 1 saturated carbocycles. The summed E-state index contributed by atoms with van der Waals surface area (Å²) in [7, 11) is -3.14. The highest BCUT2D eigenvalue weighted by atomic mass is 31.2. The Morgan fingerprint density at radius 3 is 1.98 bits per heavy atom. The third-order valence-corrected chi connectivity index (χ3v) is 12.1. The molecule has 4 unspecified atom stereocenters. The third-order valence-electron chi connectivity index (χ3n) is 10.3. The average Bonchev–Trinajstić information content (AvgIpc) is 3.48. The Hall–Kier alpha value is -4.48. The van der Waals surface area contributed by atoms with Crippen molar-refractivity contribution in [2.75, 3.05) is 56.4 Å². The molecule has 0 bridgehead atoms. The van der Waals surface area contributed by atoms with Crippen molar-refractivity contribution in [2.24, 2.45) is 16.8 Å². The molecule has 0 radical (unpaired) electrons. The van der Waals surface area contributed by atoms with Gasteiger partial charge in [0.25, 0.3) is 0 Å². The first kappa shape index (κ1) is 43.6. The van der Waals surface area contributed by atoms with Crippen LogP contribution in [0.15, 0.2) is 65.7 Å². The number of ether oxygens (including phenoxy) is 3. The Morgan fingerprint density at radius 1 is 0.965 bits per heavy atom. The zero-order valence-electron chi connectivity index (χ0n) is 32.8. The monoisotopic (exact) mass is 810 g/mol. The van der Waals surface area contributed by atoms with Crippen LogP contribution in [0.2, 0.25) is 0 Å². The van der Waals surface area contributed by atoms with Gasteiger partial charge in [0.1, 0.15) is 35.6 Å². The van der Waals surface area contributed by atoms with E-state index in [4.69, 9.17) is 30.2 Å². The molecule has 3 aromatic rings. The lowest BCUT2D eigenvalue weighted by Gasteiger charge is -2.31. The largest absolute Gasteiger partial charge is 0.465 e. The number of nitrogen functional groups attached to an aromatic ring is 2. The second-order valence-corrected chi connectivity index (χ2v) is 16.0. The molecule has 18 heteroatoms. The minimum atomic E-state index is -4.45. The van der Waals surface area contributed by atoms with Gasteiger partial charge in [0.2, 0.25) is 5.95 Å². The van der Waals surface area contributed by atoms with Gasteiger partial charge in [-0.25, -0.2) is 10.2 Å². The number of esters is 2. The number of hydrogen-bond donors (Lipinski definition) is 6. The van der Waals surface area contributed by atoms with Gasteiger partial charge in [0.15, 0.2) is 11.6 Å². The van der Waals surface area contributed by atoms with E-state index in [1.54, 1.807) is 69.3 Å². The van der Waals surface area contributed by atoms with Gasteiger partial charge in [-0.15, -0.1) is 0 Å². The fourth-order valence-electron chi connectivity index (χ4n) is 7.06. The van der Waals surface area contributed by atoms with Crippen LogP contribution in [0, 0.1) is 11.8 Å². The van der Waals surface area contributed by atoms with Crippen molar-refractivity contribution < 1.29 is 43.1 Å². The van der Waals surface area contributed by atoms with Crippen molar-refractivity contribution >= 4 is 49.1 Å². The quantitative estimate of drug-likeness (QED) is 0.0514. The number of anilines is 3. The van der Waals surface area contributed by atoms with Crippen molar-refractivity contribution in [1.29, 1.82) is 0 Å². The van der Waals surface area contributed by atoms with Crippen LogP contribution >= 0.6 is 7.67 Å². The van der Waals surface area contributed by atoms with Gasteiger partial charge in [0, 0.05) is 32.3 Å². The molecular formula is C39H55N8O9P. The summed E-state index contributed by atoms with van der Waals surface area (Å²) < 4.78 is 37.4. The summed E-state index contributed by atoms with van der Waals surface area (Å²) in [5, 5.41) is 29.1. The molecule has 1 aromatic heterocycles. The molecule has 5 rings (SSSR count). The predicted octanol–water partition coefficient (Wildman–Crippen LogP) is 2.97. The number of aliphatic hydroxyl groups excluding tert-OH is 1. The fourth-order valence-corrected chi connectivity index (χ4v) is 8.85. The highest BCUT2D eigenvalue weighted by Gasteiger charge is 2.66. The van der Waals surface area contributed by atoms with Crippen LogP contribution in [0.3, 0.4) is 0 Å². The number of hydrogen-bond acceptors (Lipinski definition) is 15. The van der Waals surface area contributed by atoms with Crippen LogP contribution in [0.1, 0.15) is 44.7 Å². The van der Waals surface area contributed by atoms with Gasteiger partial charge in [-0.3, -0.25) is 19.1 Å². The molecule has 1 aliphatic heterocycles. The summed E-state index contributed by atoms with van der Waals surface area (Å²) in [6.07, 6.45) is 0.763. The first-order chi connectivity index (χ1) is 27.3. The van der Waals surface area contributed by atoms with E-state index in [0.29, 0.717) is 11.5 Å². The molecular weight excluding hydrogens is 755 g/mol. The Bertz CT molecular complexity index is 1800. The SMILES string of the molecule is CCOC(=O)[C@H](Cc1ccccc1)NP(=O)(N[C@@H](Cc1ccccc1)C(=O)OCC)OCC(OC)C(O)[C@]1(O)C(C)C1/C=N\c1c(N)nc(N)nc1N1CCCC1. The van der Waals surface area contributed by atoms with Crippen LogP contribution in [0.25, 0.3) is 0 Å². The van der Waals surface area contributed by atoms with Crippen molar-refractivity contribution in [3.05, 3.63) is 71.8 Å². The smallest absolute Gasteiger partial charge is 0.342 e. The number of methoxy groups -OCH3 is 1. The number of rotatable bonds is 21. The van der Waals surface area contributed by atoms with E-state index in [-0.39, 0.29) is 37.8 Å². The minimum Gasteiger partial charge on any atom is -0.465 e. The number of aromatic nitrogens is 2. The average molecular weight is 811 g/mol. The zero-order chi connectivity index (χ0) is 41.2. The number of nitrogens with two attached hydrogens (primary N) is 2. The molecule has 7 atom stereocenters. The van der Waals surface area contributed by atoms with E-state index >= 15 is 4.57 Å². The van der Waals surface area contributed by atoms with Crippen LogP contribution in [-0.4, -0.2) is 108 Å². The minimum absolute atomic E-state index is 0.0200. The Kier molecular flexibility index (Phi) is 15.1. The number of nitrogens with zero attached hydrogens (tertiary/aromatic N) is 4. The number of nitrogens with one attached hydrogen (secondary N) is 2. The highest BCUT2D eigenvalue weighted by molar-refractivity contribution is 7.54. The first-order valence-electron chi connectivity index (χ1n) is 19.2. The number of carbonyl (C=O) groups excluding carboxylic acids is 2. The van der Waals surface area contributed by atoms with Gasteiger partial charge >= 0.3 is 19.6 Å². The van der Waals surface area contributed by atoms with Crippen LogP contribution in [0.4, 0.5) is 23.3 Å². The maximum Gasteiger partial charge on any atom is 0.342 e. The van der Waals surface area contributed by atoms with E-state index < -0.39 is 67.9 Å². The number of carbonyl (C=O) groups is 2. The zero-order valence-corrected chi connectivity index (χ0v) is 33.7. The molecule has 2 fully saturated rings. The van der Waals surface area contributed by atoms with Crippen LogP contribution in [-0.2, 0) is 45.7 Å². The van der Waals surface area contributed by atoms with Gasteiger partial charge in [-0.1, -0.05) is 67.6 Å². The molecule has 1 aliphatic carbocycles. The topological polar surface area (TPSA) is 246 Å². The number of aliphatic imine (C=N–C) groups is 1. The molecule has 2 heterocycles. The van der Waals surface area contributed by atoms with E-state index in [1.807, 2.05) is 17.0 Å². The standard InChI is InChI=1S/C39H55N8O9P/c1-5-54-36(49)29(21-26-15-9-7-10-16-26)45-57(52,46-30(37(50)55-6-2)22-27-17-11-8-12-18-27)56-24-31(53-4)33(48)39(51)25(3)28(39)23-42-32-34(40)43-38(41)44-35(32)47-19-13-14-20-47/h7-12,15-18,23,25,28-31,33,48,51H,5-6,13-14,19-22,24H2,1-4H3,(H2,45,46,52)(H4,40,41,43,44)/b42-23-/t25?,28?,29-,30-,31?,33?,39-/m0/s1. The summed E-state index contributed by atoms with van der Waals surface area (Å²) >= 11 is 0. The molecule has 2 aliphatic rings. The van der Waals surface area contributed by atoms with Gasteiger partial charge in [0.05, 0.1) is 19.8 Å². The molecule has 310 valence electrons. The lowest BCUT2D eigenvalue weighted by atomic mass is 10.0. The van der Waals surface area contributed by atoms with Crippen LogP contribution in [0.5, 0.6) is 0 Å². The summed E-state index contributed by atoms with van der Waals surface area (Å²) in [6, 6.07) is 15.7. The van der Waals surface area contributed by atoms with Gasteiger partial charge in [-0.2, -0.15) is 9.97 Å². The Labute approximate surface area is 333 Å². The molecule has 17 nitrogen and oxygen atoms in total. The Morgan fingerprint density at radius 2 is 1.49 bits per heavy atom.